The molecule has 33 heteroatoms. The van der Waals surface area contributed by atoms with Crippen LogP contribution < -0.4 is 289 Å². The Bertz CT molecular complexity index is 3410. The summed E-state index contributed by atoms with van der Waals surface area (Å²) in [6.45, 7) is 18.4. The molecule has 5 heterocycles. The number of nitrogen functional groups attached to an aromatic ring is 2. The van der Waals surface area contributed by atoms with Crippen LogP contribution in [0.25, 0.3) is 28.1 Å². The molecule has 74 heavy (non-hydrogen) atoms. The number of nitriles is 1. The average molecular weight is 1130 g/mol. The summed E-state index contributed by atoms with van der Waals surface area (Å²) >= 11 is 0. The molecule has 5 aromatic heterocycles. The Morgan fingerprint density at radius 2 is 1.16 bits per heavy atom. The molecule has 0 unspecified atom stereocenters. The Kier molecular flexibility index (Phi) is 28.0. The number of aromatic nitrogens is 11. The first-order valence-corrected chi connectivity index (χ1v) is 19.3. The van der Waals surface area contributed by atoms with Gasteiger partial charge in [-0.05, 0) is 23.8 Å². The second-order valence-corrected chi connectivity index (χ2v) is 16.0. The van der Waals surface area contributed by atoms with E-state index in [-0.39, 0.29) is 338 Å². The summed E-state index contributed by atoms with van der Waals surface area (Å²) in [6.07, 6.45) is 2.61. The number of carboxylic acids is 3. The van der Waals surface area contributed by atoms with Crippen LogP contribution in [0.5, 0.6) is 6.01 Å². The zero-order chi connectivity index (χ0) is 50.7. The normalized spacial score (nSPS) is 10.7. The van der Waals surface area contributed by atoms with Crippen molar-refractivity contribution in [2.45, 2.75) is 52.4 Å². The van der Waals surface area contributed by atoms with Gasteiger partial charge in [-0.2, -0.15) is 49.6 Å². The molecule has 2 aromatic carbocycles. The number of azo groups is 2. The topological polar surface area (TPSA) is 417 Å². The maximum Gasteiger partial charge on any atom is 1.00 e. The van der Waals surface area contributed by atoms with E-state index in [9.17, 15) is 40.1 Å². The van der Waals surface area contributed by atoms with Crippen molar-refractivity contribution in [3.63, 3.8) is 0 Å². The van der Waals surface area contributed by atoms with Crippen molar-refractivity contribution < 1.29 is 301 Å². The van der Waals surface area contributed by atoms with Gasteiger partial charge in [0.05, 0.1) is 54.0 Å². The first-order chi connectivity index (χ1) is 32.5. The molecule has 0 atom stereocenters. The first kappa shape index (κ1) is 69.9. The molecule has 348 valence electrons. The number of nitrogens with two attached hydrogens (primary N) is 2. The molecule has 0 radical (unpaired) electrons. The minimum Gasteiger partial charge on any atom is -0.844 e. The van der Waals surface area contributed by atoms with Gasteiger partial charge >= 0.3 is 263 Å². The van der Waals surface area contributed by atoms with E-state index < -0.39 is 51.8 Å². The number of aromatic carboxylic acids is 3. The number of hydrogen-bond donors (Lipinski definition) is 2. The fourth-order valence-corrected chi connectivity index (χ4v) is 6.16. The second kappa shape index (κ2) is 29.7. The van der Waals surface area contributed by atoms with Crippen molar-refractivity contribution in [3.8, 4) is 35.4 Å². The molecule has 0 bridgehead atoms. The number of benzene rings is 2. The van der Waals surface area contributed by atoms with E-state index in [1.807, 2.05) is 6.07 Å². The third-order valence-corrected chi connectivity index (χ3v) is 9.33. The van der Waals surface area contributed by atoms with Crippen LogP contribution in [0, 0.1) is 24.0 Å². The Labute approximate surface area is 631 Å². The monoisotopic (exact) mass is 1130 g/mol. The van der Waals surface area contributed by atoms with E-state index in [4.69, 9.17) is 27.6 Å². The number of carbonyl (C=O) groups is 3. The molecule has 0 spiro atoms. The number of carboxylic acid groups (broad SMARTS) is 3. The van der Waals surface area contributed by atoms with Crippen LogP contribution in [0.1, 0.15) is 89.6 Å². The summed E-state index contributed by atoms with van der Waals surface area (Å²) in [7, 11) is 0. The standard InChI is InChI=1S/C40H34N19O7.CO2.5K/c1-39(2,3)27-25(50-52-31-19(15-41)16-45-56(31)20-10-8-18(9-11-20)33(60)61)29(42)58(54-27)36-47-37(49-38(66)48-36)59-30(43)26(28(55-59)40(4,5)6)51-53-32-24(44-7)17-46-57(32)21-12-13-22(34(62)63)23(14-21)35(64)65;2-1-3;;;;;/h8,10-14,16-17H,42-43H2,1-6H3,(H,60,61)(H,62,63)(H,64,65)(H,47,48,49,66);;;;;;/q-1;;5*+1/p-4. The van der Waals surface area contributed by atoms with Crippen LogP contribution >= 0.6 is 0 Å². The quantitative estimate of drug-likeness (QED) is 0.0690. The van der Waals surface area contributed by atoms with Crippen LogP contribution in [0.4, 0.5) is 40.3 Å². The number of anilines is 2. The van der Waals surface area contributed by atoms with Gasteiger partial charge in [0.15, 0.2) is 34.6 Å². The summed E-state index contributed by atoms with van der Waals surface area (Å²) in [4.78, 5) is 66.5. The molecule has 0 saturated heterocycles. The maximum absolute atomic E-state index is 13.2. The zero-order valence-corrected chi connectivity index (χ0v) is 57.2. The van der Waals surface area contributed by atoms with E-state index in [2.05, 4.69) is 66.7 Å². The van der Waals surface area contributed by atoms with E-state index >= 15 is 0 Å². The van der Waals surface area contributed by atoms with Crippen molar-refractivity contribution in [2.24, 2.45) is 20.5 Å². The van der Waals surface area contributed by atoms with Crippen LogP contribution in [0.2, 0.25) is 0 Å². The summed E-state index contributed by atoms with van der Waals surface area (Å²) in [5, 5.41) is 92.3. The van der Waals surface area contributed by atoms with Gasteiger partial charge in [-0.1, -0.05) is 47.6 Å². The van der Waals surface area contributed by atoms with Gasteiger partial charge < -0.3 is 46.3 Å². The van der Waals surface area contributed by atoms with Gasteiger partial charge in [0.1, 0.15) is 11.6 Å². The number of rotatable bonds is 11. The predicted molar refractivity (Wildman–Crippen MR) is 223 cm³/mol. The molecule has 0 amide bonds. The maximum atomic E-state index is 13.2. The third kappa shape index (κ3) is 15.8. The van der Waals surface area contributed by atoms with Gasteiger partial charge in [-0.25, -0.2) is 19.5 Å². The predicted octanol–water partition coefficient (Wildman–Crippen LogP) is -14.0. The number of hydrogen-bond acceptors (Lipinski definition) is 23. The minimum absolute atomic E-state index is 0. The molecule has 0 fully saturated rings. The fraction of sp³-hybridized carbons (Fsp3) is 0.195. The summed E-state index contributed by atoms with van der Waals surface area (Å²) < 4.78 is 4.32. The van der Waals surface area contributed by atoms with Crippen molar-refractivity contribution in [1.82, 2.24) is 54.1 Å². The second-order valence-electron chi connectivity index (χ2n) is 16.0. The Morgan fingerprint density at radius 1 is 0.689 bits per heavy atom. The molecule has 0 aliphatic carbocycles. The SMILES string of the molecule is O=C=O.[C-]#[N+]c1cnn(-c2ccc(C(=O)[O-])c(C(=O)[O-])c2)c1N=Nc1c(C(C)(C)C)nn(-c2nc([O-])nc(-n3nc(C(C)(C)C)c(N=Nc4c(C#N)cnn4-c4c[c-]c(C(=O)[O-])cc4)c3N)n2)c1N.[K+].[K+].[K+].[K+].[K+]. The molecular formula is C41H30K5N19O9. The summed E-state index contributed by atoms with van der Waals surface area (Å²) in [6, 6.07) is 10.6. The van der Waals surface area contributed by atoms with E-state index in [1.165, 1.54) is 35.1 Å². The zero-order valence-electron chi connectivity index (χ0n) is 41.6. The van der Waals surface area contributed by atoms with Crippen LogP contribution in [-0.2, 0) is 20.4 Å². The molecule has 0 aliphatic heterocycles. The van der Waals surface area contributed by atoms with Gasteiger partial charge in [-0.15, -0.1) is 50.3 Å². The van der Waals surface area contributed by atoms with Crippen LogP contribution in [0.3, 0.4) is 0 Å². The van der Waals surface area contributed by atoms with E-state index in [0.717, 1.165) is 32.4 Å². The minimum atomic E-state index is -1.80. The molecule has 28 nitrogen and oxygen atoms in total. The summed E-state index contributed by atoms with van der Waals surface area (Å²) in [5.74, 6) is -6.46. The average Bonchev–Trinajstić information content (AvgIpc) is 4.07. The van der Waals surface area contributed by atoms with E-state index in [0.29, 0.717) is 5.69 Å². The molecule has 7 aromatic rings. The van der Waals surface area contributed by atoms with Crippen molar-refractivity contribution in [2.75, 3.05) is 11.5 Å². The largest absolute Gasteiger partial charge is 1.00 e. The van der Waals surface area contributed by atoms with Gasteiger partial charge in [0, 0.05) is 22.0 Å². The third-order valence-electron chi connectivity index (χ3n) is 9.33. The van der Waals surface area contributed by atoms with Gasteiger partial charge in [0.25, 0.3) is 17.6 Å². The van der Waals surface area contributed by atoms with Gasteiger partial charge in [0.2, 0.25) is 0 Å². The van der Waals surface area contributed by atoms with Crippen LogP contribution in [0.15, 0.2) is 69.2 Å². The number of nitrogens with zero attached hydrogens (tertiary/aromatic N) is 17. The molecular weight excluding hydrogens is 1100 g/mol. The smallest absolute Gasteiger partial charge is 0.844 e. The van der Waals surface area contributed by atoms with Crippen molar-refractivity contribution >= 4 is 64.4 Å². The fourth-order valence-electron chi connectivity index (χ4n) is 6.16. The molecule has 4 N–H and O–H groups in total. The van der Waals surface area contributed by atoms with Crippen LogP contribution in [-0.4, -0.2) is 78.1 Å². The Hall–Kier alpha value is -2.16. The van der Waals surface area contributed by atoms with Crippen molar-refractivity contribution in [1.29, 1.82) is 5.26 Å². The van der Waals surface area contributed by atoms with Gasteiger partial charge in [-0.3, -0.25) is 4.68 Å². The van der Waals surface area contributed by atoms with E-state index in [1.54, 1.807) is 41.5 Å². The van der Waals surface area contributed by atoms with Crippen molar-refractivity contribution in [3.05, 3.63) is 99.9 Å². The summed E-state index contributed by atoms with van der Waals surface area (Å²) in [5.41, 5.74) is 10.7. The molecule has 0 saturated carbocycles. The molecule has 0 aliphatic rings. The Morgan fingerprint density at radius 3 is 1.59 bits per heavy atom. The molecule has 7 rings (SSSR count). The Balaban J connectivity index is 0.00000334. The first-order valence-electron chi connectivity index (χ1n) is 19.3. The number of carbonyl (C=O) groups excluding carboxylic acids is 5.